The fraction of sp³-hybridized carbons (Fsp3) is 0.364. The number of anilines is 1. The second-order valence-electron chi connectivity index (χ2n) is 7.53. The fourth-order valence-electron chi connectivity index (χ4n) is 3.23. The van der Waals surface area contributed by atoms with Crippen molar-refractivity contribution in [3.05, 3.63) is 59.9 Å². The normalized spacial score (nSPS) is 16.0. The van der Waals surface area contributed by atoms with E-state index in [9.17, 15) is 22.4 Å². The summed E-state index contributed by atoms with van der Waals surface area (Å²) < 4.78 is 46.1. The monoisotopic (exact) mass is 463 g/mol. The van der Waals surface area contributed by atoms with Crippen LogP contribution in [0.3, 0.4) is 0 Å². The zero-order chi connectivity index (χ0) is 23.1. The van der Waals surface area contributed by atoms with E-state index < -0.39 is 34.2 Å². The summed E-state index contributed by atoms with van der Waals surface area (Å²) >= 11 is 0. The maximum atomic E-state index is 13.3. The summed E-state index contributed by atoms with van der Waals surface area (Å²) in [7, 11) is -3.92. The van der Waals surface area contributed by atoms with Crippen LogP contribution in [0.5, 0.6) is 0 Å². The molecule has 2 aromatic carbocycles. The second-order valence-corrected chi connectivity index (χ2v) is 9.30. The molecule has 1 aliphatic heterocycles. The lowest BCUT2D eigenvalue weighted by atomic mass is 10.2. The van der Waals surface area contributed by atoms with Gasteiger partial charge in [-0.15, -0.1) is 0 Å². The van der Waals surface area contributed by atoms with Gasteiger partial charge in [-0.1, -0.05) is 17.7 Å². The Balaban J connectivity index is 1.67. The second kappa shape index (κ2) is 10.7. The highest BCUT2D eigenvalue weighted by Crippen LogP contribution is 2.16. The molecule has 1 fully saturated rings. The van der Waals surface area contributed by atoms with Gasteiger partial charge in [0.15, 0.2) is 0 Å². The lowest BCUT2D eigenvalue weighted by molar-refractivity contribution is -0.123. The Morgan fingerprint density at radius 3 is 2.44 bits per heavy atom. The van der Waals surface area contributed by atoms with Crippen molar-refractivity contribution in [1.82, 2.24) is 10.0 Å². The molecule has 0 bridgehead atoms. The maximum absolute atomic E-state index is 13.3. The van der Waals surface area contributed by atoms with Gasteiger partial charge in [0, 0.05) is 18.8 Å². The molecule has 32 heavy (non-hydrogen) atoms. The number of halogens is 1. The predicted molar refractivity (Wildman–Crippen MR) is 117 cm³/mol. The van der Waals surface area contributed by atoms with Crippen molar-refractivity contribution >= 4 is 27.5 Å². The van der Waals surface area contributed by atoms with Gasteiger partial charge in [-0.3, -0.25) is 9.59 Å². The van der Waals surface area contributed by atoms with E-state index in [0.717, 1.165) is 35.4 Å². The Morgan fingerprint density at radius 1 is 1.12 bits per heavy atom. The van der Waals surface area contributed by atoms with Gasteiger partial charge in [-0.25, -0.2) is 17.5 Å². The number of sulfonamides is 1. The van der Waals surface area contributed by atoms with Crippen molar-refractivity contribution in [3.8, 4) is 0 Å². The van der Waals surface area contributed by atoms with Crippen molar-refractivity contribution in [2.24, 2.45) is 0 Å². The van der Waals surface area contributed by atoms with E-state index in [-0.39, 0.29) is 23.2 Å². The van der Waals surface area contributed by atoms with E-state index in [1.54, 1.807) is 12.1 Å². The van der Waals surface area contributed by atoms with Gasteiger partial charge < -0.3 is 15.0 Å². The molecule has 172 valence electrons. The first-order valence-electron chi connectivity index (χ1n) is 10.3. The van der Waals surface area contributed by atoms with E-state index in [1.807, 2.05) is 6.92 Å². The largest absolute Gasteiger partial charge is 0.376 e. The third-order valence-corrected chi connectivity index (χ3v) is 6.45. The van der Waals surface area contributed by atoms with E-state index in [0.29, 0.717) is 13.2 Å². The van der Waals surface area contributed by atoms with Crippen LogP contribution >= 0.6 is 0 Å². The summed E-state index contributed by atoms with van der Waals surface area (Å²) in [5.74, 6) is -1.58. The number of hydrogen-bond acceptors (Lipinski definition) is 5. The van der Waals surface area contributed by atoms with Crippen LogP contribution in [-0.4, -0.2) is 52.6 Å². The highest BCUT2D eigenvalue weighted by molar-refractivity contribution is 7.89. The smallest absolute Gasteiger partial charge is 0.242 e. The van der Waals surface area contributed by atoms with E-state index in [4.69, 9.17) is 4.74 Å². The van der Waals surface area contributed by atoms with Gasteiger partial charge in [0.2, 0.25) is 21.8 Å². The summed E-state index contributed by atoms with van der Waals surface area (Å²) in [5, 5.41) is 2.72. The number of hydrogen-bond donors (Lipinski definition) is 2. The van der Waals surface area contributed by atoms with Crippen LogP contribution in [-0.2, 0) is 24.3 Å². The summed E-state index contributed by atoms with van der Waals surface area (Å²) in [6.45, 7) is 1.90. The van der Waals surface area contributed by atoms with Crippen molar-refractivity contribution in [3.63, 3.8) is 0 Å². The molecule has 3 rings (SSSR count). The fourth-order valence-corrected chi connectivity index (χ4v) is 4.20. The van der Waals surface area contributed by atoms with Crippen LogP contribution in [0.4, 0.5) is 10.1 Å². The van der Waals surface area contributed by atoms with Crippen LogP contribution in [0, 0.1) is 12.7 Å². The average molecular weight is 464 g/mol. The SMILES string of the molecule is Cc1ccc(S(=O)(=O)NCC(=O)N(CC(=O)NCC2CCCO2)c2ccc(F)cc2)cc1. The first-order valence-corrected chi connectivity index (χ1v) is 11.7. The molecule has 1 aliphatic rings. The van der Waals surface area contributed by atoms with Crippen LogP contribution in [0.2, 0.25) is 0 Å². The number of carbonyl (C=O) groups excluding carboxylic acids is 2. The van der Waals surface area contributed by atoms with Crippen LogP contribution in [0.1, 0.15) is 18.4 Å². The molecule has 8 nitrogen and oxygen atoms in total. The number of carbonyl (C=O) groups is 2. The molecule has 2 amide bonds. The Labute approximate surface area is 186 Å². The molecule has 1 unspecified atom stereocenters. The molecule has 1 heterocycles. The summed E-state index contributed by atoms with van der Waals surface area (Å²) in [6.07, 6.45) is 1.72. The number of aryl methyl sites for hydroxylation is 1. The van der Waals surface area contributed by atoms with E-state index in [2.05, 4.69) is 10.0 Å². The predicted octanol–water partition coefficient (Wildman–Crippen LogP) is 1.74. The Morgan fingerprint density at radius 2 is 1.81 bits per heavy atom. The minimum atomic E-state index is -3.92. The molecular formula is C22H26FN3O5S. The number of nitrogens with zero attached hydrogens (tertiary/aromatic N) is 1. The Kier molecular flexibility index (Phi) is 7.94. The molecule has 2 N–H and O–H groups in total. The molecule has 2 aromatic rings. The standard InChI is InChI=1S/C22H26FN3O5S/c1-16-4-10-20(11-5-16)32(29,30)25-14-22(28)26(18-8-6-17(23)7-9-18)15-21(27)24-13-19-3-2-12-31-19/h4-11,19,25H,2-3,12-15H2,1H3,(H,24,27). The van der Waals surface area contributed by atoms with Crippen LogP contribution < -0.4 is 14.9 Å². The van der Waals surface area contributed by atoms with Crippen LogP contribution in [0.25, 0.3) is 0 Å². The molecule has 0 spiro atoms. The third-order valence-electron chi connectivity index (χ3n) is 5.04. The van der Waals surface area contributed by atoms with Crippen molar-refractivity contribution in [2.45, 2.75) is 30.8 Å². The first kappa shape index (κ1) is 23.8. The van der Waals surface area contributed by atoms with Crippen molar-refractivity contribution in [1.29, 1.82) is 0 Å². The quantitative estimate of drug-likeness (QED) is 0.590. The van der Waals surface area contributed by atoms with Crippen molar-refractivity contribution < 1.29 is 27.1 Å². The lowest BCUT2D eigenvalue weighted by Crippen LogP contribution is -2.46. The van der Waals surface area contributed by atoms with E-state index in [1.165, 1.54) is 24.3 Å². The molecule has 0 radical (unpaired) electrons. The highest BCUT2D eigenvalue weighted by atomic mass is 32.2. The molecular weight excluding hydrogens is 437 g/mol. The van der Waals surface area contributed by atoms with Gasteiger partial charge in [0.05, 0.1) is 17.5 Å². The van der Waals surface area contributed by atoms with Gasteiger partial charge in [0.1, 0.15) is 12.4 Å². The highest BCUT2D eigenvalue weighted by Gasteiger charge is 2.23. The summed E-state index contributed by atoms with van der Waals surface area (Å²) in [5.41, 5.74) is 1.18. The Hall–Kier alpha value is -2.82. The van der Waals surface area contributed by atoms with Crippen molar-refractivity contribution in [2.75, 3.05) is 31.1 Å². The van der Waals surface area contributed by atoms with Gasteiger partial charge in [-0.2, -0.15) is 0 Å². The zero-order valence-corrected chi connectivity index (χ0v) is 18.5. The molecule has 0 aromatic heterocycles. The Bertz CT molecular complexity index is 1040. The first-order chi connectivity index (χ1) is 15.2. The average Bonchev–Trinajstić information content (AvgIpc) is 3.29. The molecule has 0 aliphatic carbocycles. The maximum Gasteiger partial charge on any atom is 0.242 e. The van der Waals surface area contributed by atoms with Gasteiger partial charge in [-0.05, 0) is 56.2 Å². The molecule has 1 atom stereocenters. The van der Waals surface area contributed by atoms with Gasteiger partial charge in [0.25, 0.3) is 0 Å². The van der Waals surface area contributed by atoms with Gasteiger partial charge >= 0.3 is 0 Å². The molecule has 10 heteroatoms. The molecule has 0 saturated carbocycles. The number of nitrogens with one attached hydrogen (secondary N) is 2. The number of rotatable bonds is 9. The molecule has 1 saturated heterocycles. The minimum absolute atomic E-state index is 0.0264. The minimum Gasteiger partial charge on any atom is -0.376 e. The summed E-state index contributed by atoms with van der Waals surface area (Å²) in [4.78, 5) is 26.4. The zero-order valence-electron chi connectivity index (χ0n) is 17.7. The number of benzene rings is 2. The topological polar surface area (TPSA) is 105 Å². The van der Waals surface area contributed by atoms with Crippen LogP contribution in [0.15, 0.2) is 53.4 Å². The summed E-state index contributed by atoms with van der Waals surface area (Å²) in [6, 6.07) is 11.2. The number of ether oxygens (including phenoxy) is 1. The number of amides is 2. The van der Waals surface area contributed by atoms with E-state index >= 15 is 0 Å². The lowest BCUT2D eigenvalue weighted by Gasteiger charge is -2.23. The third kappa shape index (κ3) is 6.59.